The van der Waals surface area contributed by atoms with Gasteiger partial charge in [-0.2, -0.15) is 0 Å². The van der Waals surface area contributed by atoms with Crippen LogP contribution in [0.15, 0.2) is 29.2 Å². The molecular weight excluding hydrogens is 242 g/mol. The highest BCUT2D eigenvalue weighted by atomic mass is 16.2. The van der Waals surface area contributed by atoms with E-state index in [1.54, 1.807) is 23.2 Å². The Morgan fingerprint density at radius 1 is 1.32 bits per heavy atom. The zero-order valence-electron chi connectivity index (χ0n) is 10.8. The number of nitrogens with zero attached hydrogens (tertiary/aromatic N) is 3. The Bertz CT molecular complexity index is 705. The van der Waals surface area contributed by atoms with Crippen LogP contribution >= 0.6 is 0 Å². The number of rotatable bonds is 3. The van der Waals surface area contributed by atoms with Crippen LogP contribution in [0.4, 0.5) is 5.82 Å². The first kappa shape index (κ1) is 11.9. The van der Waals surface area contributed by atoms with Crippen LogP contribution in [0, 0.1) is 0 Å². The third kappa shape index (κ3) is 1.82. The molecule has 3 heterocycles. The minimum Gasteiger partial charge on any atom is -0.296 e. The molecule has 0 bridgehead atoms. The van der Waals surface area contributed by atoms with Gasteiger partial charge in [0.1, 0.15) is 11.5 Å². The van der Waals surface area contributed by atoms with Crippen LogP contribution in [0.3, 0.4) is 0 Å². The van der Waals surface area contributed by atoms with Crippen LogP contribution in [0.5, 0.6) is 0 Å². The summed E-state index contributed by atoms with van der Waals surface area (Å²) < 4.78 is 1.50. The molecule has 2 aromatic rings. The molecule has 0 fully saturated rings. The van der Waals surface area contributed by atoms with Crippen LogP contribution in [0.25, 0.3) is 5.65 Å². The summed E-state index contributed by atoms with van der Waals surface area (Å²) in [5.41, 5.74) is 0.972. The molecule has 0 radical (unpaired) electrons. The van der Waals surface area contributed by atoms with Crippen molar-refractivity contribution in [1.82, 2.24) is 9.38 Å². The van der Waals surface area contributed by atoms with E-state index in [0.29, 0.717) is 23.6 Å². The zero-order valence-corrected chi connectivity index (χ0v) is 10.8. The van der Waals surface area contributed by atoms with Gasteiger partial charge in [0.15, 0.2) is 0 Å². The van der Waals surface area contributed by atoms with E-state index in [-0.39, 0.29) is 17.9 Å². The van der Waals surface area contributed by atoms with Gasteiger partial charge in [0.05, 0.1) is 12.0 Å². The van der Waals surface area contributed by atoms with Crippen molar-refractivity contribution in [3.63, 3.8) is 0 Å². The van der Waals surface area contributed by atoms with Crippen LogP contribution in [-0.2, 0) is 11.2 Å². The Morgan fingerprint density at radius 3 is 2.95 bits per heavy atom. The van der Waals surface area contributed by atoms with Gasteiger partial charge in [0.2, 0.25) is 5.91 Å². The predicted molar refractivity (Wildman–Crippen MR) is 72.4 cm³/mol. The fourth-order valence-corrected chi connectivity index (χ4v) is 2.40. The Morgan fingerprint density at radius 2 is 2.16 bits per heavy atom. The van der Waals surface area contributed by atoms with E-state index in [1.807, 2.05) is 6.07 Å². The first-order valence-electron chi connectivity index (χ1n) is 6.53. The molecule has 5 nitrogen and oxygen atoms in total. The molecule has 0 N–H and O–H groups in total. The minimum atomic E-state index is -0.132. The average molecular weight is 257 g/mol. The number of aromatic nitrogens is 2. The second-order valence-electron chi connectivity index (χ2n) is 4.72. The van der Waals surface area contributed by atoms with Crippen molar-refractivity contribution < 1.29 is 4.79 Å². The van der Waals surface area contributed by atoms with Crippen LogP contribution in [0.2, 0.25) is 0 Å². The maximum Gasteiger partial charge on any atom is 0.263 e. The molecule has 0 aromatic carbocycles. The number of carbonyl (C=O) groups is 1. The highest BCUT2D eigenvalue weighted by Crippen LogP contribution is 2.24. The fraction of sp³-hybridized carbons (Fsp3) is 0.357. The summed E-state index contributed by atoms with van der Waals surface area (Å²) in [7, 11) is 0. The average Bonchev–Trinajstić information content (AvgIpc) is 2.73. The topological polar surface area (TPSA) is 54.7 Å². The number of hydrogen-bond donors (Lipinski definition) is 0. The molecule has 19 heavy (non-hydrogen) atoms. The van der Waals surface area contributed by atoms with Gasteiger partial charge in [-0.3, -0.25) is 18.9 Å². The molecule has 98 valence electrons. The molecule has 0 unspecified atom stereocenters. The SMILES string of the molecule is CCCCN1C(=O)Cc2c1nc1ccccn1c2=O. The lowest BCUT2D eigenvalue weighted by molar-refractivity contribution is -0.117. The van der Waals surface area contributed by atoms with E-state index in [4.69, 9.17) is 0 Å². The Hall–Kier alpha value is -2.17. The summed E-state index contributed by atoms with van der Waals surface area (Å²) in [6, 6.07) is 5.40. The highest BCUT2D eigenvalue weighted by Gasteiger charge is 2.31. The summed E-state index contributed by atoms with van der Waals surface area (Å²) in [4.78, 5) is 30.5. The Balaban J connectivity index is 2.17. The number of carbonyl (C=O) groups excluding carboxylic acids is 1. The third-order valence-corrected chi connectivity index (χ3v) is 3.43. The molecule has 0 aliphatic carbocycles. The van der Waals surface area contributed by atoms with Crippen molar-refractivity contribution in [1.29, 1.82) is 0 Å². The van der Waals surface area contributed by atoms with Gasteiger partial charge in [-0.25, -0.2) is 4.98 Å². The van der Waals surface area contributed by atoms with Gasteiger partial charge >= 0.3 is 0 Å². The smallest absolute Gasteiger partial charge is 0.263 e. The Labute approximate surface area is 110 Å². The normalized spacial score (nSPS) is 14.2. The van der Waals surface area contributed by atoms with Gasteiger partial charge in [-0.15, -0.1) is 0 Å². The number of amides is 1. The first-order chi connectivity index (χ1) is 9.22. The summed E-state index contributed by atoms with van der Waals surface area (Å²) >= 11 is 0. The molecule has 5 heteroatoms. The first-order valence-corrected chi connectivity index (χ1v) is 6.53. The molecule has 1 aliphatic rings. The van der Waals surface area contributed by atoms with E-state index in [2.05, 4.69) is 11.9 Å². The molecule has 2 aromatic heterocycles. The van der Waals surface area contributed by atoms with Crippen molar-refractivity contribution in [2.75, 3.05) is 11.4 Å². The van der Waals surface area contributed by atoms with E-state index in [9.17, 15) is 9.59 Å². The van der Waals surface area contributed by atoms with E-state index in [0.717, 1.165) is 12.8 Å². The molecule has 0 spiro atoms. The lowest BCUT2D eigenvalue weighted by atomic mass is 10.2. The number of pyridine rings is 1. The van der Waals surface area contributed by atoms with Crippen molar-refractivity contribution in [3.8, 4) is 0 Å². The van der Waals surface area contributed by atoms with Crippen molar-refractivity contribution in [2.24, 2.45) is 0 Å². The number of unbranched alkanes of at least 4 members (excludes halogenated alkanes) is 1. The maximum atomic E-state index is 12.3. The maximum absolute atomic E-state index is 12.3. The van der Waals surface area contributed by atoms with Gasteiger partial charge in [-0.1, -0.05) is 19.4 Å². The monoisotopic (exact) mass is 257 g/mol. The molecular formula is C14H15N3O2. The van der Waals surface area contributed by atoms with Crippen LogP contribution in [0.1, 0.15) is 25.3 Å². The largest absolute Gasteiger partial charge is 0.296 e. The van der Waals surface area contributed by atoms with Gasteiger partial charge < -0.3 is 0 Å². The standard InChI is InChI=1S/C14H15N3O2/c1-2-3-7-17-12(18)9-10-13(17)15-11-6-4-5-8-16(11)14(10)19/h4-6,8H,2-3,7,9H2,1H3. The van der Waals surface area contributed by atoms with Crippen molar-refractivity contribution in [2.45, 2.75) is 26.2 Å². The van der Waals surface area contributed by atoms with Crippen molar-refractivity contribution in [3.05, 3.63) is 40.3 Å². The molecule has 0 atom stereocenters. The number of fused-ring (bicyclic) bond motifs is 2. The Kier molecular flexibility index (Phi) is 2.81. The van der Waals surface area contributed by atoms with E-state index in [1.165, 1.54) is 4.40 Å². The molecule has 0 saturated carbocycles. The summed E-state index contributed by atoms with van der Waals surface area (Å²) in [5.74, 6) is 0.526. The minimum absolute atomic E-state index is 0.0241. The van der Waals surface area contributed by atoms with Crippen LogP contribution in [-0.4, -0.2) is 21.8 Å². The van der Waals surface area contributed by atoms with Gasteiger partial charge in [-0.05, 0) is 18.6 Å². The second-order valence-corrected chi connectivity index (χ2v) is 4.72. The third-order valence-electron chi connectivity index (χ3n) is 3.43. The lowest BCUT2D eigenvalue weighted by Gasteiger charge is -2.15. The summed E-state index contributed by atoms with van der Waals surface area (Å²) in [5, 5.41) is 0. The zero-order chi connectivity index (χ0) is 13.4. The van der Waals surface area contributed by atoms with Crippen molar-refractivity contribution >= 4 is 17.4 Å². The fourth-order valence-electron chi connectivity index (χ4n) is 2.40. The molecule has 0 saturated heterocycles. The quantitative estimate of drug-likeness (QED) is 0.834. The summed E-state index contributed by atoms with van der Waals surface area (Å²) in [6.07, 6.45) is 3.78. The second kappa shape index (κ2) is 4.50. The molecule has 3 rings (SSSR count). The molecule has 1 aliphatic heterocycles. The number of anilines is 1. The highest BCUT2D eigenvalue weighted by molar-refractivity contribution is 6.00. The van der Waals surface area contributed by atoms with E-state index < -0.39 is 0 Å². The predicted octanol–water partition coefficient (Wildman–Crippen LogP) is 1.38. The van der Waals surface area contributed by atoms with Crippen LogP contribution < -0.4 is 10.5 Å². The van der Waals surface area contributed by atoms with E-state index >= 15 is 0 Å². The van der Waals surface area contributed by atoms with Gasteiger partial charge in [0, 0.05) is 12.7 Å². The number of hydrogen-bond acceptors (Lipinski definition) is 3. The van der Waals surface area contributed by atoms with Gasteiger partial charge in [0.25, 0.3) is 5.56 Å². The summed E-state index contributed by atoms with van der Waals surface area (Å²) in [6.45, 7) is 2.71. The molecule has 1 amide bonds. The lowest BCUT2D eigenvalue weighted by Crippen LogP contribution is -2.28.